The number of halogens is 2. The Morgan fingerprint density at radius 3 is 2.55 bits per heavy atom. The van der Waals surface area contributed by atoms with Crippen molar-refractivity contribution in [3.05, 3.63) is 64.7 Å². The minimum atomic E-state index is -1.23. The maximum Gasteiger partial charge on any atom is 0.129 e. The van der Waals surface area contributed by atoms with Crippen LogP contribution in [0.3, 0.4) is 0 Å². The lowest BCUT2D eigenvalue weighted by Gasteiger charge is -2.24. The minimum Gasteiger partial charge on any atom is -0.399 e. The summed E-state index contributed by atoms with van der Waals surface area (Å²) in [5.74, 6) is -1.25. The predicted molar refractivity (Wildman–Crippen MR) is 73.1 cm³/mol. The number of nitrogens with two attached hydrogens (primary N) is 1. The molecular weight excluding hydrogens is 260 g/mol. The Morgan fingerprint density at radius 2 is 1.85 bits per heavy atom. The van der Waals surface area contributed by atoms with Gasteiger partial charge in [-0.1, -0.05) is 12.1 Å². The summed E-state index contributed by atoms with van der Waals surface area (Å²) in [5, 5.41) is 10.8. The summed E-state index contributed by atoms with van der Waals surface area (Å²) < 4.78 is 27.5. The fourth-order valence-corrected chi connectivity index (χ4v) is 2.93. The molecular formula is C16H15F2NO. The smallest absolute Gasteiger partial charge is 0.129 e. The second kappa shape index (κ2) is 4.56. The molecule has 2 nitrogen and oxygen atoms in total. The quantitative estimate of drug-likeness (QED) is 0.828. The van der Waals surface area contributed by atoms with Gasteiger partial charge in [-0.15, -0.1) is 0 Å². The zero-order chi connectivity index (χ0) is 14.3. The first kappa shape index (κ1) is 13.1. The van der Waals surface area contributed by atoms with Crippen LogP contribution in [0.25, 0.3) is 0 Å². The number of anilines is 1. The number of aryl methyl sites for hydroxylation is 1. The molecule has 0 saturated carbocycles. The van der Waals surface area contributed by atoms with E-state index in [4.69, 9.17) is 5.73 Å². The van der Waals surface area contributed by atoms with Crippen molar-refractivity contribution in [3.8, 4) is 0 Å². The maximum absolute atomic E-state index is 13.7. The Morgan fingerprint density at radius 1 is 1.15 bits per heavy atom. The van der Waals surface area contributed by atoms with Gasteiger partial charge in [-0.05, 0) is 48.2 Å². The summed E-state index contributed by atoms with van der Waals surface area (Å²) in [6.45, 7) is 0. The Hall–Kier alpha value is -1.94. The third-order valence-electron chi connectivity index (χ3n) is 3.97. The zero-order valence-electron chi connectivity index (χ0n) is 10.9. The van der Waals surface area contributed by atoms with Crippen molar-refractivity contribution in [1.82, 2.24) is 0 Å². The van der Waals surface area contributed by atoms with Crippen molar-refractivity contribution in [2.75, 3.05) is 5.73 Å². The number of nitrogen functional groups attached to an aromatic ring is 1. The van der Waals surface area contributed by atoms with Crippen molar-refractivity contribution in [3.63, 3.8) is 0 Å². The van der Waals surface area contributed by atoms with Crippen LogP contribution >= 0.6 is 0 Å². The second-order valence-corrected chi connectivity index (χ2v) is 5.33. The van der Waals surface area contributed by atoms with Gasteiger partial charge in [0.05, 0.1) is 5.60 Å². The van der Waals surface area contributed by atoms with Crippen molar-refractivity contribution in [1.29, 1.82) is 0 Å². The van der Waals surface area contributed by atoms with E-state index < -0.39 is 17.2 Å². The number of benzene rings is 2. The molecule has 0 radical (unpaired) electrons. The van der Waals surface area contributed by atoms with E-state index in [1.807, 2.05) is 6.07 Å². The van der Waals surface area contributed by atoms with Gasteiger partial charge in [0.1, 0.15) is 11.6 Å². The van der Waals surface area contributed by atoms with E-state index in [0.29, 0.717) is 24.1 Å². The molecule has 3 N–H and O–H groups in total. The number of fused-ring (bicyclic) bond motifs is 1. The van der Waals surface area contributed by atoms with Crippen molar-refractivity contribution in [2.24, 2.45) is 0 Å². The third kappa shape index (κ3) is 2.06. The topological polar surface area (TPSA) is 46.2 Å². The molecule has 1 atom stereocenters. The summed E-state index contributed by atoms with van der Waals surface area (Å²) in [7, 11) is 0. The highest BCUT2D eigenvalue weighted by Crippen LogP contribution is 2.40. The first-order valence-corrected chi connectivity index (χ1v) is 6.54. The largest absolute Gasteiger partial charge is 0.399 e. The molecule has 1 aliphatic rings. The summed E-state index contributed by atoms with van der Waals surface area (Å²) in [6, 6.07) is 9.00. The van der Waals surface area contributed by atoms with Crippen LogP contribution in [0.15, 0.2) is 36.4 Å². The molecule has 4 heteroatoms. The molecule has 0 aliphatic heterocycles. The predicted octanol–water partition coefficient (Wildman–Crippen LogP) is 2.92. The van der Waals surface area contributed by atoms with E-state index >= 15 is 0 Å². The highest BCUT2D eigenvalue weighted by molar-refractivity contribution is 5.49. The third-order valence-corrected chi connectivity index (χ3v) is 3.97. The highest BCUT2D eigenvalue weighted by atomic mass is 19.1. The van der Waals surface area contributed by atoms with Crippen LogP contribution in [0, 0.1) is 11.6 Å². The minimum absolute atomic E-state index is 0.0670. The molecule has 0 fully saturated rings. The molecule has 3 rings (SSSR count). The molecule has 0 aromatic heterocycles. The molecule has 0 bridgehead atoms. The van der Waals surface area contributed by atoms with Gasteiger partial charge in [-0.3, -0.25) is 0 Å². The van der Waals surface area contributed by atoms with Gasteiger partial charge in [0, 0.05) is 17.7 Å². The monoisotopic (exact) mass is 275 g/mol. The molecule has 20 heavy (non-hydrogen) atoms. The van der Waals surface area contributed by atoms with Gasteiger partial charge in [0.15, 0.2) is 0 Å². The summed E-state index contributed by atoms with van der Waals surface area (Å²) in [5.41, 5.74) is 6.71. The van der Waals surface area contributed by atoms with Crippen molar-refractivity contribution >= 4 is 5.69 Å². The molecule has 1 aliphatic carbocycles. The Kier molecular flexibility index (Phi) is 2.98. The van der Waals surface area contributed by atoms with Gasteiger partial charge in [-0.2, -0.15) is 0 Å². The fourth-order valence-electron chi connectivity index (χ4n) is 2.93. The SMILES string of the molecule is Nc1ccc2c(c1)CCC2(O)Cc1c(F)cccc1F. The number of hydrogen-bond acceptors (Lipinski definition) is 2. The first-order chi connectivity index (χ1) is 9.49. The van der Waals surface area contributed by atoms with Gasteiger partial charge >= 0.3 is 0 Å². The van der Waals surface area contributed by atoms with Crippen LogP contribution in [0.1, 0.15) is 23.1 Å². The zero-order valence-corrected chi connectivity index (χ0v) is 10.9. The van der Waals surface area contributed by atoms with E-state index in [9.17, 15) is 13.9 Å². The normalized spacial score (nSPS) is 20.9. The second-order valence-electron chi connectivity index (χ2n) is 5.33. The van der Waals surface area contributed by atoms with Crippen LogP contribution in [0.5, 0.6) is 0 Å². The standard InChI is InChI=1S/C16H15F2NO/c17-14-2-1-3-15(18)12(14)9-16(20)7-6-10-8-11(19)4-5-13(10)16/h1-5,8,20H,6-7,9,19H2. The van der Waals surface area contributed by atoms with E-state index in [-0.39, 0.29) is 12.0 Å². The molecule has 1 unspecified atom stereocenters. The Balaban J connectivity index is 2.00. The van der Waals surface area contributed by atoms with Crippen LogP contribution in [-0.2, 0) is 18.4 Å². The number of rotatable bonds is 2. The van der Waals surface area contributed by atoms with Gasteiger partial charge in [0.25, 0.3) is 0 Å². The van der Waals surface area contributed by atoms with E-state index in [1.54, 1.807) is 12.1 Å². The van der Waals surface area contributed by atoms with E-state index in [2.05, 4.69) is 0 Å². The molecule has 2 aromatic rings. The summed E-state index contributed by atoms with van der Waals surface area (Å²) in [4.78, 5) is 0. The lowest BCUT2D eigenvalue weighted by molar-refractivity contribution is 0.0372. The van der Waals surface area contributed by atoms with Crippen LogP contribution in [0.2, 0.25) is 0 Å². The van der Waals surface area contributed by atoms with Crippen LogP contribution < -0.4 is 5.73 Å². The molecule has 2 aromatic carbocycles. The highest BCUT2D eigenvalue weighted by Gasteiger charge is 2.38. The average Bonchev–Trinajstić information content (AvgIpc) is 2.72. The van der Waals surface area contributed by atoms with Crippen LogP contribution in [-0.4, -0.2) is 5.11 Å². The summed E-state index contributed by atoms with van der Waals surface area (Å²) in [6.07, 6.45) is 1.04. The van der Waals surface area contributed by atoms with E-state index in [0.717, 1.165) is 5.56 Å². The Bertz CT molecular complexity index is 651. The molecule has 0 heterocycles. The lowest BCUT2D eigenvalue weighted by atomic mass is 9.88. The van der Waals surface area contributed by atoms with Crippen molar-refractivity contribution in [2.45, 2.75) is 24.9 Å². The first-order valence-electron chi connectivity index (χ1n) is 6.54. The number of hydrogen-bond donors (Lipinski definition) is 2. The Labute approximate surface area is 115 Å². The lowest BCUT2D eigenvalue weighted by Crippen LogP contribution is -2.26. The molecule has 104 valence electrons. The van der Waals surface area contributed by atoms with Gasteiger partial charge < -0.3 is 10.8 Å². The van der Waals surface area contributed by atoms with Crippen molar-refractivity contribution < 1.29 is 13.9 Å². The maximum atomic E-state index is 13.7. The van der Waals surface area contributed by atoms with Crippen LogP contribution in [0.4, 0.5) is 14.5 Å². The molecule has 0 spiro atoms. The summed E-state index contributed by atoms with van der Waals surface area (Å²) >= 11 is 0. The number of aliphatic hydroxyl groups is 1. The molecule has 0 saturated heterocycles. The van der Waals surface area contributed by atoms with Gasteiger partial charge in [-0.25, -0.2) is 8.78 Å². The average molecular weight is 275 g/mol. The fraction of sp³-hybridized carbons (Fsp3) is 0.250. The van der Waals surface area contributed by atoms with E-state index in [1.165, 1.54) is 18.2 Å². The molecule has 0 amide bonds. The van der Waals surface area contributed by atoms with Gasteiger partial charge in [0.2, 0.25) is 0 Å².